The maximum absolute atomic E-state index is 3.77. The molecule has 0 spiro atoms. The van der Waals surface area contributed by atoms with Crippen LogP contribution in [0.15, 0.2) is 73.1 Å². The molecule has 2 unspecified atom stereocenters. The van der Waals surface area contributed by atoms with Crippen LogP contribution in [0.3, 0.4) is 0 Å². The molecule has 0 amide bonds. The first kappa shape index (κ1) is 34.1. The SMILES string of the molecule is CCCCCCCCCCCCCCCC(c1[nH]cc[n+]1CCCCCC)C(C)(Cc1ccccc1)c1ccccc1. The molecule has 0 saturated heterocycles. The van der Waals surface area contributed by atoms with Crippen molar-refractivity contribution in [2.45, 2.75) is 161 Å². The fourth-order valence-electron chi connectivity index (χ4n) is 6.97. The molecule has 1 heterocycles. The molecule has 0 fully saturated rings. The van der Waals surface area contributed by atoms with Crippen LogP contribution < -0.4 is 4.57 Å². The van der Waals surface area contributed by atoms with Crippen LogP contribution in [0, 0.1) is 0 Å². The van der Waals surface area contributed by atoms with E-state index < -0.39 is 0 Å². The van der Waals surface area contributed by atoms with E-state index in [-0.39, 0.29) is 5.41 Å². The number of aryl methyl sites for hydroxylation is 1. The third-order valence-corrected chi connectivity index (χ3v) is 9.59. The second-order valence-electron chi connectivity index (χ2n) is 13.1. The van der Waals surface area contributed by atoms with Gasteiger partial charge in [-0.2, -0.15) is 0 Å². The molecule has 0 aliphatic rings. The minimum absolute atomic E-state index is 0.00969. The lowest BCUT2D eigenvalue weighted by atomic mass is 9.66. The van der Waals surface area contributed by atoms with Crippen molar-refractivity contribution in [1.82, 2.24) is 4.98 Å². The quantitative estimate of drug-likeness (QED) is 0.0815. The number of imidazole rings is 1. The molecule has 2 aromatic carbocycles. The van der Waals surface area contributed by atoms with Crippen LogP contribution in [0.4, 0.5) is 0 Å². The predicted molar refractivity (Wildman–Crippen MR) is 182 cm³/mol. The summed E-state index contributed by atoms with van der Waals surface area (Å²) in [5.41, 5.74) is 2.90. The molecule has 2 heteroatoms. The fraction of sp³-hybridized carbons (Fsp3) is 0.625. The normalized spacial score (nSPS) is 13.7. The van der Waals surface area contributed by atoms with E-state index in [1.54, 1.807) is 0 Å². The van der Waals surface area contributed by atoms with Gasteiger partial charge in [0.1, 0.15) is 12.4 Å². The van der Waals surface area contributed by atoms with Gasteiger partial charge in [0.15, 0.2) is 0 Å². The molecule has 0 bridgehead atoms. The van der Waals surface area contributed by atoms with Crippen LogP contribution in [-0.4, -0.2) is 4.98 Å². The molecule has 0 aliphatic heterocycles. The molecule has 1 N–H and O–H groups in total. The van der Waals surface area contributed by atoms with Crippen LogP contribution in [-0.2, 0) is 18.4 Å². The second kappa shape index (κ2) is 20.5. The van der Waals surface area contributed by atoms with Crippen molar-refractivity contribution in [3.05, 3.63) is 90.0 Å². The maximum atomic E-state index is 3.77. The molecule has 0 aliphatic carbocycles. The molecular formula is C40H63N2+. The van der Waals surface area contributed by atoms with Crippen LogP contribution >= 0.6 is 0 Å². The first-order valence-electron chi connectivity index (χ1n) is 17.8. The van der Waals surface area contributed by atoms with Crippen molar-refractivity contribution in [2.75, 3.05) is 0 Å². The van der Waals surface area contributed by atoms with Crippen molar-refractivity contribution in [1.29, 1.82) is 0 Å². The van der Waals surface area contributed by atoms with E-state index in [4.69, 9.17) is 0 Å². The molecule has 0 radical (unpaired) electrons. The Morgan fingerprint density at radius 1 is 0.619 bits per heavy atom. The lowest BCUT2D eigenvalue weighted by molar-refractivity contribution is -0.705. The zero-order valence-corrected chi connectivity index (χ0v) is 27.6. The number of aromatic nitrogens is 2. The number of nitrogens with zero attached hydrogens (tertiary/aromatic N) is 1. The van der Waals surface area contributed by atoms with Gasteiger partial charge in [-0.25, -0.2) is 9.55 Å². The number of hydrogen-bond donors (Lipinski definition) is 1. The third kappa shape index (κ3) is 11.7. The number of rotatable bonds is 24. The van der Waals surface area contributed by atoms with Crippen LogP contribution in [0.25, 0.3) is 0 Å². The Labute approximate surface area is 259 Å². The van der Waals surface area contributed by atoms with Crippen LogP contribution in [0.2, 0.25) is 0 Å². The summed E-state index contributed by atoms with van der Waals surface area (Å²) in [6, 6.07) is 22.5. The first-order chi connectivity index (χ1) is 20.7. The van der Waals surface area contributed by atoms with Gasteiger partial charge in [-0.15, -0.1) is 0 Å². The molecule has 0 saturated carbocycles. The van der Waals surface area contributed by atoms with Gasteiger partial charge >= 0.3 is 0 Å². The average molecular weight is 572 g/mol. The van der Waals surface area contributed by atoms with Crippen molar-refractivity contribution in [3.63, 3.8) is 0 Å². The Kier molecular flexibility index (Phi) is 16.7. The van der Waals surface area contributed by atoms with Gasteiger partial charge in [-0.1, -0.05) is 178 Å². The van der Waals surface area contributed by atoms with Crippen molar-refractivity contribution >= 4 is 0 Å². The highest BCUT2D eigenvalue weighted by molar-refractivity contribution is 5.32. The minimum atomic E-state index is 0.00969. The van der Waals surface area contributed by atoms with Crippen molar-refractivity contribution in [3.8, 4) is 0 Å². The molecule has 1 aromatic heterocycles. The number of aromatic amines is 1. The molecule has 232 valence electrons. The van der Waals surface area contributed by atoms with Gasteiger partial charge in [0, 0.05) is 5.41 Å². The lowest BCUT2D eigenvalue weighted by Gasteiger charge is -2.37. The van der Waals surface area contributed by atoms with Gasteiger partial charge in [0.05, 0.1) is 12.5 Å². The second-order valence-corrected chi connectivity index (χ2v) is 13.1. The van der Waals surface area contributed by atoms with Crippen molar-refractivity contribution in [2.24, 2.45) is 0 Å². The smallest absolute Gasteiger partial charge is 0.247 e. The number of unbranched alkanes of at least 4 members (excludes halogenated alkanes) is 15. The number of hydrogen-bond acceptors (Lipinski definition) is 0. The largest absolute Gasteiger partial charge is 0.258 e. The van der Waals surface area contributed by atoms with E-state index >= 15 is 0 Å². The highest BCUT2D eigenvalue weighted by Gasteiger charge is 2.41. The molecule has 2 nitrogen and oxygen atoms in total. The van der Waals surface area contributed by atoms with E-state index in [0.717, 1.165) is 13.0 Å². The summed E-state index contributed by atoms with van der Waals surface area (Å²) in [6.45, 7) is 8.25. The zero-order chi connectivity index (χ0) is 29.7. The van der Waals surface area contributed by atoms with E-state index in [9.17, 15) is 0 Å². The summed E-state index contributed by atoms with van der Waals surface area (Å²) >= 11 is 0. The third-order valence-electron chi connectivity index (χ3n) is 9.59. The van der Waals surface area contributed by atoms with Gasteiger partial charge < -0.3 is 0 Å². The Bertz CT molecular complexity index is 1040. The summed E-state index contributed by atoms with van der Waals surface area (Å²) in [5, 5.41) is 0. The van der Waals surface area contributed by atoms with E-state index in [1.807, 2.05) is 0 Å². The zero-order valence-electron chi connectivity index (χ0n) is 27.6. The fourth-order valence-corrected chi connectivity index (χ4v) is 6.97. The van der Waals surface area contributed by atoms with Crippen LogP contribution in [0.1, 0.15) is 159 Å². The highest BCUT2D eigenvalue weighted by atomic mass is 15.1. The Balaban J connectivity index is 1.65. The van der Waals surface area contributed by atoms with E-state index in [1.165, 1.54) is 133 Å². The van der Waals surface area contributed by atoms with Crippen LogP contribution in [0.5, 0.6) is 0 Å². The first-order valence-corrected chi connectivity index (χ1v) is 17.8. The minimum Gasteiger partial charge on any atom is -0.247 e. The highest BCUT2D eigenvalue weighted by Crippen LogP contribution is 2.43. The Morgan fingerprint density at radius 3 is 1.69 bits per heavy atom. The summed E-state index contributed by atoms with van der Waals surface area (Å²) in [7, 11) is 0. The molecule has 2 atom stereocenters. The van der Waals surface area contributed by atoms with Gasteiger partial charge in [-0.3, -0.25) is 0 Å². The van der Waals surface area contributed by atoms with Gasteiger partial charge in [0.2, 0.25) is 0 Å². The van der Waals surface area contributed by atoms with E-state index in [2.05, 4.69) is 103 Å². The van der Waals surface area contributed by atoms with E-state index in [0.29, 0.717) is 5.92 Å². The summed E-state index contributed by atoms with van der Waals surface area (Å²) in [5.74, 6) is 1.86. The average Bonchev–Trinajstić information content (AvgIpc) is 3.48. The Morgan fingerprint density at radius 2 is 1.12 bits per heavy atom. The van der Waals surface area contributed by atoms with Crippen molar-refractivity contribution < 1.29 is 4.57 Å². The van der Waals surface area contributed by atoms with Gasteiger partial charge in [-0.05, 0) is 36.8 Å². The molecule has 3 aromatic rings. The molecule has 3 rings (SSSR count). The summed E-state index contributed by atoms with van der Waals surface area (Å²) < 4.78 is 2.55. The number of benzene rings is 2. The molecule has 42 heavy (non-hydrogen) atoms. The lowest BCUT2D eigenvalue weighted by Crippen LogP contribution is -2.43. The standard InChI is InChI=1S/C40H62N2/c1-4-6-8-10-11-12-13-14-15-16-17-18-25-31-38(39-41-32-34-42(39)33-26-9-7-5-2)40(3,37-29-23-20-24-30-37)35-36-27-21-19-22-28-36/h19-24,27-30,32,34,38H,4-18,25-26,31,33,35H2,1-3H3/p+1. The molecular weight excluding hydrogens is 508 g/mol. The Hall–Kier alpha value is -2.35. The number of H-pyrrole nitrogens is 1. The van der Waals surface area contributed by atoms with Gasteiger partial charge in [0.25, 0.3) is 5.82 Å². The number of nitrogens with one attached hydrogen (secondary N) is 1. The predicted octanol–water partition coefficient (Wildman–Crippen LogP) is 11.6. The summed E-state index contributed by atoms with van der Waals surface area (Å²) in [6.07, 6.45) is 30.2. The topological polar surface area (TPSA) is 19.7 Å². The monoisotopic (exact) mass is 571 g/mol. The maximum Gasteiger partial charge on any atom is 0.258 e. The summed E-state index contributed by atoms with van der Waals surface area (Å²) in [4.78, 5) is 3.77.